The van der Waals surface area contributed by atoms with Gasteiger partial charge >= 0.3 is 0 Å². The molecule has 8 aliphatic rings. The zero-order valence-electron chi connectivity index (χ0n) is 22.6. The molecular formula is C32H30N2O8. The second kappa shape index (κ2) is 7.62. The first-order chi connectivity index (χ1) is 20.2. The van der Waals surface area contributed by atoms with E-state index in [9.17, 15) is 30.0 Å². The van der Waals surface area contributed by atoms with Gasteiger partial charge < -0.3 is 40.5 Å². The van der Waals surface area contributed by atoms with Gasteiger partial charge in [-0.25, -0.2) is 0 Å². The first-order valence-electron chi connectivity index (χ1n) is 14.6. The van der Waals surface area contributed by atoms with Crippen molar-refractivity contribution in [3.63, 3.8) is 0 Å². The van der Waals surface area contributed by atoms with Crippen molar-refractivity contribution >= 4 is 11.6 Å². The summed E-state index contributed by atoms with van der Waals surface area (Å²) in [5.74, 6) is 0.587. The third-order valence-corrected chi connectivity index (χ3v) is 11.4. The standard InChI is InChI=1S/2C16H15NO4/c2*18-9-2-1-8-7-11-16(20)4-3-10(19)14-15(16,5-6-17-11)12(8)13(9)21-14/h2*1-4,11,14,17-18,20H,5-7H2/t2*11-,14+,15+,16-/m11/s1. The molecule has 2 aromatic carbocycles. The quantitative estimate of drug-likeness (QED) is 0.261. The normalized spacial score (nSPS) is 41.7. The molecule has 2 aromatic rings. The number of hydrogen-bond donors (Lipinski definition) is 6. The van der Waals surface area contributed by atoms with Crippen LogP contribution < -0.4 is 20.1 Å². The van der Waals surface area contributed by atoms with E-state index in [4.69, 9.17) is 9.47 Å². The van der Waals surface area contributed by atoms with Crippen molar-refractivity contribution in [1.82, 2.24) is 10.6 Å². The van der Waals surface area contributed by atoms with Gasteiger partial charge in [0, 0.05) is 23.2 Å². The SMILES string of the molecule is O=C1C=C[C@@]2(O)[C@H]3Cc4ccc(O)c5c4[C@@]2(CCN3)[C@H]1O5.O=C1C=C[C@@]2(O)[C@H]3Cc4ccc(O)c5c4[C@@]2(CCN3)[C@H]1O5. The highest BCUT2D eigenvalue weighted by Crippen LogP contribution is 2.63. The first kappa shape index (κ1) is 24.9. The monoisotopic (exact) mass is 570 g/mol. The maximum Gasteiger partial charge on any atom is 0.196 e. The number of rotatable bonds is 0. The van der Waals surface area contributed by atoms with E-state index in [-0.39, 0.29) is 35.1 Å². The van der Waals surface area contributed by atoms with E-state index in [1.165, 1.54) is 12.2 Å². The van der Waals surface area contributed by atoms with Gasteiger partial charge in [0.2, 0.25) is 0 Å². The molecule has 0 radical (unpaired) electrons. The van der Waals surface area contributed by atoms with Gasteiger partial charge in [0.15, 0.2) is 46.8 Å². The lowest BCUT2D eigenvalue weighted by atomic mass is 9.51. The lowest BCUT2D eigenvalue weighted by Crippen LogP contribution is -2.74. The molecule has 0 amide bonds. The van der Waals surface area contributed by atoms with Crippen molar-refractivity contribution in [2.45, 2.75) is 72.0 Å². The lowest BCUT2D eigenvalue weighted by molar-refractivity contribution is -0.139. The Bertz CT molecular complexity index is 1580. The first-order valence-corrected chi connectivity index (χ1v) is 14.6. The molecule has 10 rings (SSSR count). The average Bonchev–Trinajstić information content (AvgIpc) is 3.50. The number of carbonyl (C=O) groups is 2. The summed E-state index contributed by atoms with van der Waals surface area (Å²) in [7, 11) is 0. The molecule has 4 heterocycles. The van der Waals surface area contributed by atoms with Crippen molar-refractivity contribution in [1.29, 1.82) is 0 Å². The number of carbonyl (C=O) groups excluding carboxylic acids is 2. The highest BCUT2D eigenvalue weighted by atomic mass is 16.5. The van der Waals surface area contributed by atoms with E-state index in [1.54, 1.807) is 24.3 Å². The fraction of sp³-hybridized carbons (Fsp3) is 0.438. The van der Waals surface area contributed by atoms with Crippen LogP contribution in [0.4, 0.5) is 0 Å². The largest absolute Gasteiger partial charge is 0.504 e. The molecule has 2 saturated heterocycles. The molecule has 4 aliphatic carbocycles. The lowest BCUT2D eigenvalue weighted by Gasteiger charge is -2.57. The van der Waals surface area contributed by atoms with Crippen LogP contribution in [0, 0.1) is 0 Å². The fourth-order valence-corrected chi connectivity index (χ4v) is 9.65. The molecular weight excluding hydrogens is 540 g/mol. The molecule has 4 aliphatic heterocycles. The summed E-state index contributed by atoms with van der Waals surface area (Å²) in [4.78, 5) is 24.7. The molecule has 42 heavy (non-hydrogen) atoms. The summed E-state index contributed by atoms with van der Waals surface area (Å²) in [6.07, 6.45) is 7.20. The van der Waals surface area contributed by atoms with Gasteiger partial charge in [0.05, 0.1) is 10.8 Å². The van der Waals surface area contributed by atoms with Crippen LogP contribution in [0.2, 0.25) is 0 Å². The Labute approximate surface area is 240 Å². The summed E-state index contributed by atoms with van der Waals surface area (Å²) < 4.78 is 11.7. The maximum absolute atomic E-state index is 12.3. The van der Waals surface area contributed by atoms with Gasteiger partial charge in [-0.05, 0) is 86.3 Å². The molecule has 6 N–H and O–H groups in total. The van der Waals surface area contributed by atoms with Crippen molar-refractivity contribution in [3.05, 3.63) is 70.8 Å². The van der Waals surface area contributed by atoms with Crippen LogP contribution in [-0.2, 0) is 33.3 Å². The highest BCUT2D eigenvalue weighted by Gasteiger charge is 2.72. The van der Waals surface area contributed by atoms with E-state index in [2.05, 4.69) is 10.6 Å². The minimum Gasteiger partial charge on any atom is -0.504 e. The van der Waals surface area contributed by atoms with Crippen LogP contribution in [0.5, 0.6) is 23.0 Å². The smallest absolute Gasteiger partial charge is 0.196 e. The van der Waals surface area contributed by atoms with Crippen molar-refractivity contribution in [3.8, 4) is 23.0 Å². The molecule has 2 spiro atoms. The van der Waals surface area contributed by atoms with Gasteiger partial charge in [-0.15, -0.1) is 0 Å². The maximum atomic E-state index is 12.3. The third kappa shape index (κ3) is 2.51. The number of phenolic OH excluding ortho intramolecular Hbond substituents is 2. The number of benzene rings is 2. The van der Waals surface area contributed by atoms with Gasteiger partial charge in [-0.2, -0.15) is 0 Å². The number of hydrogen-bond acceptors (Lipinski definition) is 10. The van der Waals surface area contributed by atoms with Crippen LogP contribution in [0.1, 0.15) is 35.1 Å². The second-order valence-electron chi connectivity index (χ2n) is 12.9. The molecule has 216 valence electrons. The molecule has 2 fully saturated rings. The van der Waals surface area contributed by atoms with Crippen LogP contribution in [0.25, 0.3) is 0 Å². The number of ketones is 2. The van der Waals surface area contributed by atoms with Gasteiger partial charge in [0.1, 0.15) is 11.2 Å². The Kier molecular flexibility index (Phi) is 4.51. The Morgan fingerprint density at radius 2 is 1.12 bits per heavy atom. The topological polar surface area (TPSA) is 158 Å². The van der Waals surface area contributed by atoms with Crippen molar-refractivity contribution in [2.24, 2.45) is 0 Å². The van der Waals surface area contributed by atoms with Crippen molar-refractivity contribution < 1.29 is 39.5 Å². The fourth-order valence-electron chi connectivity index (χ4n) is 9.65. The number of aromatic hydroxyl groups is 2. The van der Waals surface area contributed by atoms with Crippen LogP contribution in [0.15, 0.2) is 48.6 Å². The number of ether oxygens (including phenoxy) is 2. The summed E-state index contributed by atoms with van der Waals surface area (Å²) in [6.45, 7) is 1.45. The Balaban J connectivity index is 0.000000119. The Morgan fingerprint density at radius 1 is 0.690 bits per heavy atom. The minimum absolute atomic E-state index is 0.0460. The van der Waals surface area contributed by atoms with E-state index in [1.807, 2.05) is 12.1 Å². The summed E-state index contributed by atoms with van der Waals surface area (Å²) in [5.41, 5.74) is -0.0418. The predicted molar refractivity (Wildman–Crippen MR) is 147 cm³/mol. The molecule has 0 unspecified atom stereocenters. The van der Waals surface area contributed by atoms with Crippen molar-refractivity contribution in [2.75, 3.05) is 13.1 Å². The van der Waals surface area contributed by atoms with Gasteiger partial charge in [0.25, 0.3) is 0 Å². The number of aliphatic hydroxyl groups is 2. The predicted octanol–water partition coefficient (Wildman–Crippen LogP) is 0.358. The molecule has 10 nitrogen and oxygen atoms in total. The summed E-state index contributed by atoms with van der Waals surface area (Å²) >= 11 is 0. The zero-order chi connectivity index (χ0) is 28.8. The molecule has 10 heteroatoms. The zero-order valence-corrected chi connectivity index (χ0v) is 22.6. The van der Waals surface area contributed by atoms with Crippen LogP contribution in [-0.4, -0.2) is 80.6 Å². The number of piperidine rings is 2. The van der Waals surface area contributed by atoms with E-state index < -0.39 is 34.2 Å². The summed E-state index contributed by atoms with van der Waals surface area (Å²) in [5, 5.41) is 49.7. The molecule has 0 aromatic heterocycles. The van der Waals surface area contributed by atoms with E-state index >= 15 is 0 Å². The second-order valence-corrected chi connectivity index (χ2v) is 12.9. The molecule has 0 saturated carbocycles. The Morgan fingerprint density at radius 3 is 1.55 bits per heavy atom. The van der Waals surface area contributed by atoms with Gasteiger partial charge in [-0.3, -0.25) is 9.59 Å². The molecule has 4 bridgehead atoms. The van der Waals surface area contributed by atoms with E-state index in [0.717, 1.165) is 35.3 Å². The van der Waals surface area contributed by atoms with Crippen LogP contribution in [0.3, 0.4) is 0 Å². The molecule has 8 atom stereocenters. The number of nitrogens with one attached hydrogen (secondary N) is 2. The average molecular weight is 571 g/mol. The van der Waals surface area contributed by atoms with Crippen LogP contribution >= 0.6 is 0 Å². The Hall–Kier alpha value is -3.70. The van der Waals surface area contributed by atoms with E-state index in [0.29, 0.717) is 37.2 Å². The minimum atomic E-state index is -1.14. The summed E-state index contributed by atoms with van der Waals surface area (Å²) in [6, 6.07) is 6.71. The number of phenols is 2. The third-order valence-electron chi connectivity index (χ3n) is 11.4. The highest BCUT2D eigenvalue weighted by molar-refractivity contribution is 5.99. The van der Waals surface area contributed by atoms with Gasteiger partial charge in [-0.1, -0.05) is 12.1 Å².